The van der Waals surface area contributed by atoms with Gasteiger partial charge in [-0.2, -0.15) is 0 Å². The zero-order chi connectivity index (χ0) is 7.21. The van der Waals surface area contributed by atoms with Crippen molar-refractivity contribution in [3.8, 4) is 0 Å². The number of phosphoric acid groups is 1. The second-order valence-electron chi connectivity index (χ2n) is 0.603. The van der Waals surface area contributed by atoms with Gasteiger partial charge in [0.25, 0.3) is 0 Å². The largest absolute Gasteiger partial charge is 1.00 e. The Kier molecular flexibility index (Phi) is 71.2. The van der Waals surface area contributed by atoms with Crippen LogP contribution in [0.4, 0.5) is 0 Å². The van der Waals surface area contributed by atoms with Gasteiger partial charge in [0.15, 0.2) is 0 Å². The molecule has 0 saturated carbocycles. The van der Waals surface area contributed by atoms with Crippen molar-refractivity contribution >= 4 is 7.82 Å². The summed E-state index contributed by atoms with van der Waals surface area (Å²) >= 11 is 0. The van der Waals surface area contributed by atoms with Crippen LogP contribution in [0.1, 0.15) is 0 Å². The van der Waals surface area contributed by atoms with E-state index in [1.54, 1.807) is 0 Å². The zero-order valence-electron chi connectivity index (χ0n) is 7.04. The van der Waals surface area contributed by atoms with Crippen molar-refractivity contribution in [2.45, 2.75) is 0 Å². The molecule has 0 heterocycles. The summed E-state index contributed by atoms with van der Waals surface area (Å²) in [7, 11) is -4.64. The molecule has 0 amide bonds. The van der Waals surface area contributed by atoms with Gasteiger partial charge in [0.1, 0.15) is 0 Å². The van der Waals surface area contributed by atoms with Gasteiger partial charge in [-0.15, -0.1) is 0 Å². The summed E-state index contributed by atoms with van der Waals surface area (Å²) in [6.07, 6.45) is 0. The van der Waals surface area contributed by atoms with E-state index in [9.17, 15) is 0 Å². The molecule has 0 atom stereocenters. The van der Waals surface area contributed by atoms with Gasteiger partial charge in [-0.25, -0.2) is 4.57 Å². The third-order valence-electron chi connectivity index (χ3n) is 0. The molecular weight excluding hydrogens is 222 g/mol. The van der Waals surface area contributed by atoms with Crippen molar-refractivity contribution in [3.63, 3.8) is 0 Å². The maximum absolute atomic E-state index is 8.88. The van der Waals surface area contributed by atoms with Gasteiger partial charge < -0.3 is 31.2 Å². The van der Waals surface area contributed by atoms with Crippen molar-refractivity contribution in [1.82, 2.24) is 0 Å². The molecule has 0 bridgehead atoms. The minimum absolute atomic E-state index is 0. The second-order valence-corrected chi connectivity index (χ2v) is 1.63. The van der Waals surface area contributed by atoms with Crippen LogP contribution in [0.3, 0.4) is 0 Å². The molecule has 8 nitrogen and oxygen atoms in total. The Morgan fingerprint density at radius 2 is 1.00 bits per heavy atom. The second kappa shape index (κ2) is 23.3. The van der Waals surface area contributed by atoms with Crippen LogP contribution in [0.25, 0.3) is 16.0 Å². The van der Waals surface area contributed by atoms with Crippen molar-refractivity contribution in [1.29, 1.82) is 0 Å². The average Bonchev–Trinajstić information content (AvgIpc) is 1.27. The Labute approximate surface area is 135 Å². The van der Waals surface area contributed by atoms with E-state index in [2.05, 4.69) is 0 Å². The quantitative estimate of drug-likeness (QED) is 0.123. The van der Waals surface area contributed by atoms with E-state index in [0.29, 0.717) is 0 Å². The van der Waals surface area contributed by atoms with Crippen LogP contribution in [0.5, 0.6) is 0 Å². The molecule has 12 heavy (non-hydrogen) atoms. The third kappa shape index (κ3) is 283. The SMILES string of the molecule is O.O=P(O)(O)O.[N-]=[N+]=[N-].[Na+].[Na+].[Na+]. The maximum Gasteiger partial charge on any atom is 1.00 e. The van der Waals surface area contributed by atoms with Crippen LogP contribution < -0.4 is 88.7 Å². The van der Waals surface area contributed by atoms with Crippen LogP contribution in [0.2, 0.25) is 0 Å². The van der Waals surface area contributed by atoms with Gasteiger partial charge in [0, 0.05) is 0 Å². The van der Waals surface area contributed by atoms with Crippen molar-refractivity contribution in [2.24, 2.45) is 0 Å². The van der Waals surface area contributed by atoms with Crippen molar-refractivity contribution < 1.29 is 113 Å². The summed E-state index contributed by atoms with van der Waals surface area (Å²) in [5, 5.41) is 0. The molecule has 0 aromatic rings. The van der Waals surface area contributed by atoms with E-state index in [1.165, 1.54) is 4.91 Å². The summed E-state index contributed by atoms with van der Waals surface area (Å²) in [6.45, 7) is 0. The van der Waals surface area contributed by atoms with Crippen LogP contribution in [0, 0.1) is 0 Å². The topological polar surface area (TPSA) is 168 Å². The Balaban J connectivity index is -0.0000000119. The predicted octanol–water partition coefficient (Wildman–Crippen LogP) is -9.88. The fourth-order valence-electron chi connectivity index (χ4n) is 0. The molecule has 56 valence electrons. The summed E-state index contributed by atoms with van der Waals surface area (Å²) in [5.41, 5.74) is 13.5. The molecule has 0 aliphatic carbocycles. The Bertz CT molecular complexity index is 120. The van der Waals surface area contributed by atoms with Crippen LogP contribution >= 0.6 is 7.82 Å². The molecular formula is H5N3Na3O5P+2. The normalized spacial score (nSPS) is 5.58. The molecule has 0 aromatic carbocycles. The predicted molar refractivity (Wildman–Crippen MR) is 28.0 cm³/mol. The van der Waals surface area contributed by atoms with Gasteiger partial charge in [0.2, 0.25) is 0 Å². The van der Waals surface area contributed by atoms with E-state index >= 15 is 0 Å². The Hall–Kier alpha value is 2.38. The number of rotatable bonds is 0. The Morgan fingerprint density at radius 3 is 1.00 bits per heavy atom. The third-order valence-corrected chi connectivity index (χ3v) is 0. The zero-order valence-corrected chi connectivity index (χ0v) is 13.9. The molecule has 0 rings (SSSR count). The first-order valence-corrected chi connectivity index (χ1v) is 2.75. The summed E-state index contributed by atoms with van der Waals surface area (Å²) in [5.74, 6) is 0. The van der Waals surface area contributed by atoms with Crippen LogP contribution in [0.15, 0.2) is 0 Å². The molecule has 12 heteroatoms. The molecule has 0 spiro atoms. The molecule has 0 aromatic heterocycles. The van der Waals surface area contributed by atoms with Crippen molar-refractivity contribution in [3.05, 3.63) is 16.0 Å². The number of hydrogen-bond acceptors (Lipinski definition) is 1. The fourth-order valence-corrected chi connectivity index (χ4v) is 0. The number of nitrogens with zero attached hydrogens (tertiary/aromatic N) is 3. The molecule has 0 aliphatic rings. The average molecular weight is 227 g/mol. The number of hydrogen-bond donors (Lipinski definition) is 3. The molecule has 0 radical (unpaired) electrons. The van der Waals surface area contributed by atoms with E-state index in [0.717, 1.165) is 0 Å². The van der Waals surface area contributed by atoms with E-state index in [4.69, 9.17) is 30.3 Å². The minimum Gasteiger partial charge on any atom is -0.412 e. The molecule has 0 saturated heterocycles. The fraction of sp³-hybridized carbons (Fsp3) is 0. The van der Waals surface area contributed by atoms with Gasteiger partial charge >= 0.3 is 96.5 Å². The van der Waals surface area contributed by atoms with Gasteiger partial charge in [0.05, 0.1) is 0 Å². The van der Waals surface area contributed by atoms with Gasteiger partial charge in [-0.05, 0) is 0 Å². The molecule has 0 unspecified atom stereocenters. The minimum atomic E-state index is -4.64. The Morgan fingerprint density at radius 1 is 1.00 bits per heavy atom. The first kappa shape index (κ1) is 36.7. The van der Waals surface area contributed by atoms with E-state index in [-0.39, 0.29) is 94.1 Å². The van der Waals surface area contributed by atoms with Crippen molar-refractivity contribution in [2.75, 3.05) is 0 Å². The summed E-state index contributed by atoms with van der Waals surface area (Å²) in [4.78, 5) is 23.1. The maximum atomic E-state index is 8.88. The van der Waals surface area contributed by atoms with Gasteiger partial charge in [-0.1, -0.05) is 0 Å². The van der Waals surface area contributed by atoms with Gasteiger partial charge in [-0.3, -0.25) is 4.91 Å². The first-order valence-electron chi connectivity index (χ1n) is 1.18. The summed E-state index contributed by atoms with van der Waals surface area (Å²) in [6, 6.07) is 0. The van der Waals surface area contributed by atoms with Crippen LogP contribution in [-0.2, 0) is 4.57 Å². The monoisotopic (exact) mass is 227 g/mol. The molecule has 5 N–H and O–H groups in total. The smallest absolute Gasteiger partial charge is 0.412 e. The molecule has 0 aliphatic heterocycles. The first-order chi connectivity index (χ1) is 3.41. The standard InChI is InChI=1S/N3.3Na.H3O4P.H2O/c1-3-2;;;;1-5(2,3)4;/h;;;;(H3,1,2,3,4);1H2/q-1;3*+1;;. The van der Waals surface area contributed by atoms with E-state index in [1.807, 2.05) is 0 Å². The summed E-state index contributed by atoms with van der Waals surface area (Å²) < 4.78 is 8.88. The molecule has 0 fully saturated rings. The van der Waals surface area contributed by atoms with E-state index < -0.39 is 7.82 Å². The van der Waals surface area contributed by atoms with Crippen LogP contribution in [-0.4, -0.2) is 20.2 Å².